The molecule has 1 atom stereocenters. The van der Waals surface area contributed by atoms with Gasteiger partial charge in [-0.15, -0.1) is 0 Å². The average Bonchev–Trinajstić information content (AvgIpc) is 2.80. The Hall–Kier alpha value is -1.92. The summed E-state index contributed by atoms with van der Waals surface area (Å²) in [7, 11) is 0. The van der Waals surface area contributed by atoms with Gasteiger partial charge in [0.15, 0.2) is 0 Å². The second kappa shape index (κ2) is 6.02. The van der Waals surface area contributed by atoms with Crippen LogP contribution in [0.3, 0.4) is 0 Å². The lowest BCUT2D eigenvalue weighted by molar-refractivity contribution is -0.389. The van der Waals surface area contributed by atoms with E-state index in [1.165, 1.54) is 10.7 Å². The third-order valence-corrected chi connectivity index (χ3v) is 3.86. The minimum Gasteiger partial charge on any atom is -0.358 e. The Morgan fingerprint density at radius 3 is 2.90 bits per heavy atom. The molecule has 1 amide bonds. The van der Waals surface area contributed by atoms with E-state index >= 15 is 0 Å². The molecule has 1 aromatic rings. The van der Waals surface area contributed by atoms with Crippen molar-refractivity contribution in [1.29, 1.82) is 0 Å². The number of carbonyl (C=O) groups is 1. The molecule has 20 heavy (non-hydrogen) atoms. The Kier molecular flexibility index (Phi) is 4.36. The molecule has 1 aliphatic rings. The summed E-state index contributed by atoms with van der Waals surface area (Å²) in [5.74, 6) is -0.210. The van der Waals surface area contributed by atoms with E-state index in [1.807, 2.05) is 4.90 Å². The third kappa shape index (κ3) is 2.97. The molecular formula is C13H20N4O3. The number of carbonyl (C=O) groups excluding carboxylic acids is 1. The third-order valence-electron chi connectivity index (χ3n) is 3.86. The van der Waals surface area contributed by atoms with Crippen LogP contribution in [0.25, 0.3) is 0 Å². The van der Waals surface area contributed by atoms with Gasteiger partial charge in [0.05, 0.1) is 16.9 Å². The fraction of sp³-hybridized carbons (Fsp3) is 0.692. The second-order valence-corrected chi connectivity index (χ2v) is 5.20. The number of piperidine rings is 1. The number of nitro groups is 1. The zero-order valence-electron chi connectivity index (χ0n) is 11.9. The Bertz CT molecular complexity index is 512. The summed E-state index contributed by atoms with van der Waals surface area (Å²) < 4.78 is 1.42. The van der Waals surface area contributed by atoms with E-state index in [1.54, 1.807) is 6.92 Å². The molecule has 110 valence electrons. The van der Waals surface area contributed by atoms with Gasteiger partial charge in [-0.25, -0.2) is 0 Å². The van der Waals surface area contributed by atoms with Crippen molar-refractivity contribution in [3.63, 3.8) is 0 Å². The zero-order valence-corrected chi connectivity index (χ0v) is 11.9. The van der Waals surface area contributed by atoms with Crippen LogP contribution in [0.15, 0.2) is 6.07 Å². The lowest BCUT2D eigenvalue weighted by atomic mass is 10.00. The molecule has 0 spiro atoms. The maximum absolute atomic E-state index is 12.4. The molecule has 0 saturated carbocycles. The Morgan fingerprint density at radius 1 is 1.55 bits per heavy atom. The normalized spacial score (nSPS) is 19.1. The maximum atomic E-state index is 12.4. The van der Waals surface area contributed by atoms with E-state index in [2.05, 4.69) is 12.0 Å². The van der Waals surface area contributed by atoms with Crippen LogP contribution in [0, 0.1) is 17.0 Å². The highest BCUT2D eigenvalue weighted by Crippen LogP contribution is 2.20. The molecule has 1 aliphatic heterocycles. The smallest absolute Gasteiger partial charge is 0.358 e. The Labute approximate surface area is 117 Å². The van der Waals surface area contributed by atoms with Gasteiger partial charge in [0.2, 0.25) is 5.91 Å². The van der Waals surface area contributed by atoms with Gasteiger partial charge in [-0.3, -0.25) is 4.79 Å². The summed E-state index contributed by atoms with van der Waals surface area (Å²) in [5, 5.41) is 14.6. The number of hydrogen-bond acceptors (Lipinski definition) is 4. The minimum atomic E-state index is -0.538. The summed E-state index contributed by atoms with van der Waals surface area (Å²) >= 11 is 0. The van der Waals surface area contributed by atoms with Gasteiger partial charge in [-0.1, -0.05) is 6.92 Å². The van der Waals surface area contributed by atoms with Gasteiger partial charge in [-0.2, -0.15) is 4.68 Å². The molecule has 0 bridgehead atoms. The molecular weight excluding hydrogens is 260 g/mol. The molecule has 1 aromatic heterocycles. The minimum absolute atomic E-state index is 0.00218. The molecule has 2 rings (SSSR count). The molecule has 0 unspecified atom stereocenters. The molecule has 0 aromatic carbocycles. The number of likely N-dealkylation sites (tertiary alicyclic amines) is 1. The fourth-order valence-electron chi connectivity index (χ4n) is 2.71. The van der Waals surface area contributed by atoms with Crippen molar-refractivity contribution < 1.29 is 9.72 Å². The number of aryl methyl sites for hydroxylation is 1. The van der Waals surface area contributed by atoms with Crippen molar-refractivity contribution >= 4 is 11.7 Å². The number of nitrogens with zero attached hydrogens (tertiary/aromatic N) is 4. The summed E-state index contributed by atoms with van der Waals surface area (Å²) in [5.41, 5.74) is 0.634. The average molecular weight is 280 g/mol. The first-order valence-corrected chi connectivity index (χ1v) is 7.01. The summed E-state index contributed by atoms with van der Waals surface area (Å²) in [6.07, 6.45) is 4.18. The second-order valence-electron chi connectivity index (χ2n) is 5.20. The van der Waals surface area contributed by atoms with E-state index in [4.69, 9.17) is 0 Å². The topological polar surface area (TPSA) is 81.3 Å². The van der Waals surface area contributed by atoms with Gasteiger partial charge in [0.25, 0.3) is 0 Å². The van der Waals surface area contributed by atoms with Crippen LogP contribution in [0.5, 0.6) is 0 Å². The molecule has 0 aliphatic carbocycles. The Balaban J connectivity index is 2.08. The number of hydrogen-bond donors (Lipinski definition) is 0. The number of amides is 1. The van der Waals surface area contributed by atoms with Crippen LogP contribution >= 0.6 is 0 Å². The van der Waals surface area contributed by atoms with E-state index in [-0.39, 0.29) is 18.3 Å². The van der Waals surface area contributed by atoms with Crippen LogP contribution in [0.1, 0.15) is 38.3 Å². The molecule has 1 fully saturated rings. The first-order valence-electron chi connectivity index (χ1n) is 7.01. The quantitative estimate of drug-likeness (QED) is 0.623. The molecule has 2 heterocycles. The van der Waals surface area contributed by atoms with Crippen molar-refractivity contribution in [2.75, 3.05) is 6.54 Å². The summed E-state index contributed by atoms with van der Waals surface area (Å²) in [6, 6.07) is 1.68. The van der Waals surface area contributed by atoms with Gasteiger partial charge < -0.3 is 15.0 Å². The van der Waals surface area contributed by atoms with Crippen molar-refractivity contribution in [3.8, 4) is 0 Å². The van der Waals surface area contributed by atoms with Crippen molar-refractivity contribution in [1.82, 2.24) is 14.7 Å². The molecule has 7 heteroatoms. The molecule has 1 saturated heterocycles. The molecule has 0 radical (unpaired) electrons. The van der Waals surface area contributed by atoms with Crippen molar-refractivity contribution in [2.24, 2.45) is 0 Å². The van der Waals surface area contributed by atoms with E-state index in [0.717, 1.165) is 32.2 Å². The monoisotopic (exact) mass is 280 g/mol. The zero-order chi connectivity index (χ0) is 14.7. The van der Waals surface area contributed by atoms with Crippen molar-refractivity contribution in [2.45, 2.75) is 52.1 Å². The lowest BCUT2D eigenvalue weighted by Gasteiger charge is -2.35. The van der Waals surface area contributed by atoms with E-state index in [9.17, 15) is 14.9 Å². The fourth-order valence-corrected chi connectivity index (χ4v) is 2.71. The predicted octanol–water partition coefficient (Wildman–Crippen LogP) is 1.89. The first-order chi connectivity index (χ1) is 9.52. The molecule has 7 nitrogen and oxygen atoms in total. The summed E-state index contributed by atoms with van der Waals surface area (Å²) in [4.78, 5) is 24.4. The van der Waals surface area contributed by atoms with Crippen molar-refractivity contribution in [3.05, 3.63) is 21.9 Å². The van der Waals surface area contributed by atoms with Gasteiger partial charge in [0, 0.05) is 12.6 Å². The van der Waals surface area contributed by atoms with Crippen LogP contribution in [-0.4, -0.2) is 38.1 Å². The number of aromatic nitrogens is 2. The highest BCUT2D eigenvalue weighted by atomic mass is 16.6. The van der Waals surface area contributed by atoms with Crippen LogP contribution in [0.2, 0.25) is 0 Å². The van der Waals surface area contributed by atoms with Gasteiger partial charge in [0.1, 0.15) is 6.54 Å². The summed E-state index contributed by atoms with van der Waals surface area (Å²) in [6.45, 7) is 4.66. The SMILES string of the molecule is CC[C@H]1CCCCN1C(=O)Cn1nc([N+](=O)[O-])cc1C. The van der Waals surface area contributed by atoms with Crippen LogP contribution in [0.4, 0.5) is 5.82 Å². The maximum Gasteiger partial charge on any atom is 0.390 e. The molecule has 0 N–H and O–H groups in total. The highest BCUT2D eigenvalue weighted by Gasteiger charge is 2.27. The Morgan fingerprint density at radius 2 is 2.30 bits per heavy atom. The number of rotatable bonds is 4. The van der Waals surface area contributed by atoms with Crippen LogP contribution in [-0.2, 0) is 11.3 Å². The predicted molar refractivity (Wildman–Crippen MR) is 73.3 cm³/mol. The standard InChI is InChI=1S/C13H20N4O3/c1-3-11-6-4-5-7-15(11)13(18)9-16-10(2)8-12(14-16)17(19)20/h8,11H,3-7,9H2,1-2H3/t11-/m0/s1. The van der Waals surface area contributed by atoms with E-state index < -0.39 is 4.92 Å². The highest BCUT2D eigenvalue weighted by molar-refractivity contribution is 5.76. The van der Waals surface area contributed by atoms with Crippen LogP contribution < -0.4 is 0 Å². The first kappa shape index (κ1) is 14.5. The lowest BCUT2D eigenvalue weighted by Crippen LogP contribution is -2.45. The largest absolute Gasteiger partial charge is 0.390 e. The van der Waals surface area contributed by atoms with Gasteiger partial charge in [-0.05, 0) is 37.5 Å². The van der Waals surface area contributed by atoms with Gasteiger partial charge >= 0.3 is 5.82 Å². The van der Waals surface area contributed by atoms with E-state index in [0.29, 0.717) is 11.7 Å².